The Morgan fingerprint density at radius 2 is 2.00 bits per heavy atom. The first-order valence-electron chi connectivity index (χ1n) is 7.49. The Morgan fingerprint density at radius 1 is 1.20 bits per heavy atom. The maximum Gasteiger partial charge on any atom is 0.328 e. The minimum absolute atomic E-state index is 0.00426. The second kappa shape index (κ2) is 5.51. The molecule has 5 nitrogen and oxygen atoms in total. The molecule has 1 unspecified atom stereocenters. The Balaban J connectivity index is 1.74. The van der Waals surface area contributed by atoms with E-state index < -0.39 is 29.5 Å². The summed E-state index contributed by atoms with van der Waals surface area (Å²) in [5.41, 5.74) is 0.865. The number of nitrogens with zero attached hydrogens (tertiary/aromatic N) is 2. The van der Waals surface area contributed by atoms with Crippen LogP contribution in [0, 0.1) is 17.5 Å². The van der Waals surface area contributed by atoms with Crippen molar-refractivity contribution in [2.24, 2.45) is 0 Å². The lowest BCUT2D eigenvalue weighted by molar-refractivity contribution is 0.245. The maximum atomic E-state index is 14.2. The Labute approximate surface area is 140 Å². The molecule has 0 saturated carbocycles. The molecular weight excluding hydrogens is 335 g/mol. The zero-order chi connectivity index (χ0) is 17.7. The van der Waals surface area contributed by atoms with Crippen LogP contribution in [0.2, 0.25) is 0 Å². The number of carbonyl (C=O) groups is 1. The topological polar surface area (TPSA) is 56.1 Å². The number of amides is 1. The van der Waals surface area contributed by atoms with E-state index in [4.69, 9.17) is 4.74 Å². The van der Waals surface area contributed by atoms with E-state index in [1.807, 2.05) is 0 Å². The van der Waals surface area contributed by atoms with Gasteiger partial charge in [0.2, 0.25) is 5.82 Å². The maximum absolute atomic E-state index is 14.2. The highest BCUT2D eigenvalue weighted by atomic mass is 19.2. The SMILES string of the molecule is COc1ccc(CC2NC(=O)n3c2nc2cc(F)ccc23)c(F)c1F. The fraction of sp³-hybridized carbons (Fsp3) is 0.176. The summed E-state index contributed by atoms with van der Waals surface area (Å²) < 4.78 is 47.5. The van der Waals surface area contributed by atoms with Crippen LogP contribution in [0.5, 0.6) is 5.75 Å². The highest BCUT2D eigenvalue weighted by Gasteiger charge is 2.33. The number of imidazole rings is 1. The third-order valence-electron chi connectivity index (χ3n) is 4.23. The van der Waals surface area contributed by atoms with Crippen molar-refractivity contribution in [3.8, 4) is 5.75 Å². The van der Waals surface area contributed by atoms with E-state index in [-0.39, 0.29) is 17.7 Å². The van der Waals surface area contributed by atoms with Gasteiger partial charge >= 0.3 is 6.03 Å². The third kappa shape index (κ3) is 2.33. The van der Waals surface area contributed by atoms with E-state index in [1.165, 1.54) is 42.0 Å². The fourth-order valence-corrected chi connectivity index (χ4v) is 3.05. The summed E-state index contributed by atoms with van der Waals surface area (Å²) in [5, 5.41) is 2.68. The molecule has 3 aromatic rings. The number of carbonyl (C=O) groups excluding carboxylic acids is 1. The molecular formula is C17H12F3N3O2. The third-order valence-corrected chi connectivity index (χ3v) is 4.23. The lowest BCUT2D eigenvalue weighted by Gasteiger charge is -2.11. The van der Waals surface area contributed by atoms with E-state index in [1.54, 1.807) is 0 Å². The number of benzene rings is 2. The molecule has 2 aromatic carbocycles. The van der Waals surface area contributed by atoms with Crippen LogP contribution < -0.4 is 10.1 Å². The minimum atomic E-state index is -1.08. The van der Waals surface area contributed by atoms with E-state index in [0.717, 1.165) is 0 Å². The van der Waals surface area contributed by atoms with Crippen LogP contribution in [0.25, 0.3) is 11.0 Å². The van der Waals surface area contributed by atoms with Gasteiger partial charge in [0.15, 0.2) is 11.6 Å². The summed E-state index contributed by atoms with van der Waals surface area (Å²) in [6.45, 7) is 0. The summed E-state index contributed by atoms with van der Waals surface area (Å²) in [5.74, 6) is -2.45. The van der Waals surface area contributed by atoms with Crippen LogP contribution in [0.1, 0.15) is 17.4 Å². The summed E-state index contributed by atoms with van der Waals surface area (Å²) in [6.07, 6.45) is 0.00426. The second-order valence-electron chi connectivity index (χ2n) is 5.70. The van der Waals surface area contributed by atoms with Crippen molar-refractivity contribution in [1.82, 2.24) is 14.9 Å². The van der Waals surface area contributed by atoms with Crippen molar-refractivity contribution in [3.63, 3.8) is 0 Å². The molecule has 0 saturated heterocycles. The van der Waals surface area contributed by atoms with E-state index in [0.29, 0.717) is 16.9 Å². The number of hydrogen-bond donors (Lipinski definition) is 1. The predicted molar refractivity (Wildman–Crippen MR) is 83.0 cm³/mol. The summed E-state index contributed by atoms with van der Waals surface area (Å²) >= 11 is 0. The van der Waals surface area contributed by atoms with Gasteiger partial charge in [0, 0.05) is 12.5 Å². The van der Waals surface area contributed by atoms with Gasteiger partial charge in [-0.15, -0.1) is 0 Å². The van der Waals surface area contributed by atoms with Crippen LogP contribution in [-0.2, 0) is 6.42 Å². The molecule has 0 spiro atoms. The molecule has 0 aliphatic carbocycles. The van der Waals surface area contributed by atoms with Gasteiger partial charge < -0.3 is 10.1 Å². The fourth-order valence-electron chi connectivity index (χ4n) is 3.05. The smallest absolute Gasteiger partial charge is 0.328 e. The Bertz CT molecular complexity index is 1020. The molecule has 128 valence electrons. The second-order valence-corrected chi connectivity index (χ2v) is 5.70. The van der Waals surface area contributed by atoms with Gasteiger partial charge in [-0.3, -0.25) is 0 Å². The Morgan fingerprint density at radius 3 is 2.76 bits per heavy atom. The van der Waals surface area contributed by atoms with Crippen LogP contribution in [0.4, 0.5) is 18.0 Å². The number of nitrogens with one attached hydrogen (secondary N) is 1. The van der Waals surface area contributed by atoms with Crippen LogP contribution >= 0.6 is 0 Å². The zero-order valence-corrected chi connectivity index (χ0v) is 13.0. The van der Waals surface area contributed by atoms with E-state index in [9.17, 15) is 18.0 Å². The summed E-state index contributed by atoms with van der Waals surface area (Å²) in [6, 6.07) is 5.54. The van der Waals surface area contributed by atoms with E-state index in [2.05, 4.69) is 10.3 Å². The lowest BCUT2D eigenvalue weighted by atomic mass is 10.0. The van der Waals surface area contributed by atoms with E-state index >= 15 is 0 Å². The highest BCUT2D eigenvalue weighted by molar-refractivity contribution is 5.92. The molecule has 8 heteroatoms. The molecule has 0 fully saturated rings. The number of ether oxygens (including phenoxy) is 1. The first-order valence-corrected chi connectivity index (χ1v) is 7.49. The predicted octanol–water partition coefficient (Wildman–Crippen LogP) is 3.32. The molecule has 1 aromatic heterocycles. The van der Waals surface area contributed by atoms with Gasteiger partial charge in [-0.2, -0.15) is 4.39 Å². The van der Waals surface area contributed by atoms with Crippen LogP contribution in [-0.4, -0.2) is 22.7 Å². The first kappa shape index (κ1) is 15.5. The number of methoxy groups -OCH3 is 1. The normalized spacial score (nSPS) is 16.2. The molecule has 1 atom stereocenters. The van der Waals surface area contributed by atoms with Gasteiger partial charge in [0.05, 0.1) is 24.2 Å². The number of fused-ring (bicyclic) bond motifs is 3. The van der Waals surface area contributed by atoms with Gasteiger partial charge in [-0.25, -0.2) is 23.1 Å². The van der Waals surface area contributed by atoms with Crippen molar-refractivity contribution in [3.05, 3.63) is 59.2 Å². The zero-order valence-electron chi connectivity index (χ0n) is 13.0. The molecule has 0 bridgehead atoms. The summed E-state index contributed by atoms with van der Waals surface area (Å²) in [4.78, 5) is 16.5. The van der Waals surface area contributed by atoms with Gasteiger partial charge in [0.1, 0.15) is 11.6 Å². The van der Waals surface area contributed by atoms with Gasteiger partial charge in [-0.05, 0) is 23.8 Å². The number of rotatable bonds is 3. The van der Waals surface area contributed by atoms with Crippen molar-refractivity contribution in [2.75, 3.05) is 7.11 Å². The van der Waals surface area contributed by atoms with Crippen LogP contribution in [0.3, 0.4) is 0 Å². The first-order chi connectivity index (χ1) is 12.0. The molecule has 1 N–H and O–H groups in total. The molecule has 2 heterocycles. The molecule has 1 aliphatic heterocycles. The quantitative estimate of drug-likeness (QED) is 0.791. The molecule has 1 amide bonds. The lowest BCUT2D eigenvalue weighted by Crippen LogP contribution is -2.23. The van der Waals surface area contributed by atoms with Crippen LogP contribution in [0.15, 0.2) is 30.3 Å². The summed E-state index contributed by atoms with van der Waals surface area (Å²) in [7, 11) is 1.25. The Hall–Kier alpha value is -3.03. The molecule has 1 aliphatic rings. The van der Waals surface area contributed by atoms with Gasteiger partial charge in [-0.1, -0.05) is 6.07 Å². The molecule has 0 radical (unpaired) electrons. The molecule has 25 heavy (non-hydrogen) atoms. The minimum Gasteiger partial charge on any atom is -0.494 e. The van der Waals surface area contributed by atoms with Crippen molar-refractivity contribution >= 4 is 17.1 Å². The van der Waals surface area contributed by atoms with Gasteiger partial charge in [0.25, 0.3) is 0 Å². The largest absolute Gasteiger partial charge is 0.494 e. The highest BCUT2D eigenvalue weighted by Crippen LogP contribution is 2.30. The average Bonchev–Trinajstić information content (AvgIpc) is 3.10. The molecule has 4 rings (SSSR count). The number of aromatic nitrogens is 2. The monoisotopic (exact) mass is 347 g/mol. The average molecular weight is 347 g/mol. The standard InChI is InChI=1S/C17H12F3N3O2/c1-25-13-5-2-8(14(19)15(13)20)6-11-16-21-10-7-9(18)3-4-12(10)23(16)17(24)22-11/h2-5,7,11H,6H2,1H3,(H,22,24). The van der Waals surface area contributed by atoms with Crippen molar-refractivity contribution < 1.29 is 22.7 Å². The van der Waals surface area contributed by atoms with Crippen molar-refractivity contribution in [2.45, 2.75) is 12.5 Å². The Kier molecular flexibility index (Phi) is 3.41. The number of hydrogen-bond acceptors (Lipinski definition) is 3. The van der Waals surface area contributed by atoms with Crippen molar-refractivity contribution in [1.29, 1.82) is 0 Å². The number of halogens is 3.